The zero-order chi connectivity index (χ0) is 20.8. The topological polar surface area (TPSA) is 110 Å². The molecule has 152 valence electrons. The van der Waals surface area contributed by atoms with E-state index in [1.807, 2.05) is 6.07 Å². The van der Waals surface area contributed by atoms with Gasteiger partial charge in [0, 0.05) is 29.5 Å². The van der Waals surface area contributed by atoms with Crippen molar-refractivity contribution in [2.24, 2.45) is 0 Å². The molecule has 9 heteroatoms. The summed E-state index contributed by atoms with van der Waals surface area (Å²) in [6.45, 7) is 0.0447. The predicted molar refractivity (Wildman–Crippen MR) is 108 cm³/mol. The number of likely N-dealkylation sites (tertiary alicyclic amines) is 1. The van der Waals surface area contributed by atoms with Gasteiger partial charge in [0.1, 0.15) is 6.61 Å². The Kier molecular flexibility index (Phi) is 6.84. The standard InChI is InChI=1S/C20H20N2O6S/c23-12-17-10-18(29-19(24)15-4-2-1-3-5-15)11-21(17)20(25)28-13-14-6-8-16(9-7-14)22(26)27/h1-9,17-18,23H,10-13H2. The highest BCUT2D eigenvalue weighted by Crippen LogP contribution is 2.30. The number of non-ortho nitro benzene ring substituents is 1. The lowest BCUT2D eigenvalue weighted by Gasteiger charge is -2.22. The van der Waals surface area contributed by atoms with Gasteiger partial charge >= 0.3 is 6.09 Å². The van der Waals surface area contributed by atoms with Crippen molar-refractivity contribution in [1.29, 1.82) is 0 Å². The lowest BCUT2D eigenvalue weighted by atomic mass is 10.2. The number of hydrogen-bond donors (Lipinski definition) is 1. The second-order valence-corrected chi connectivity index (χ2v) is 7.87. The molecule has 0 radical (unpaired) electrons. The molecule has 1 amide bonds. The summed E-state index contributed by atoms with van der Waals surface area (Å²) in [5, 5.41) is 20.1. The van der Waals surface area contributed by atoms with Gasteiger partial charge in [0.05, 0.1) is 17.6 Å². The minimum Gasteiger partial charge on any atom is -0.445 e. The van der Waals surface area contributed by atoms with Crippen LogP contribution in [0.3, 0.4) is 0 Å². The third-order valence-corrected chi connectivity index (χ3v) is 5.74. The number of carbonyl (C=O) groups is 2. The molecule has 2 unspecified atom stereocenters. The summed E-state index contributed by atoms with van der Waals surface area (Å²) in [6.07, 6.45) is -0.0931. The molecule has 1 aliphatic heterocycles. The van der Waals surface area contributed by atoms with Crippen LogP contribution in [0.1, 0.15) is 22.3 Å². The van der Waals surface area contributed by atoms with Gasteiger partial charge in [0.25, 0.3) is 5.69 Å². The van der Waals surface area contributed by atoms with Crippen LogP contribution in [-0.4, -0.2) is 50.6 Å². The molecule has 0 aliphatic carbocycles. The highest BCUT2D eigenvalue weighted by molar-refractivity contribution is 8.14. The Morgan fingerprint density at radius 1 is 1.17 bits per heavy atom. The van der Waals surface area contributed by atoms with E-state index in [0.29, 0.717) is 24.1 Å². The van der Waals surface area contributed by atoms with E-state index in [0.717, 1.165) is 11.8 Å². The minimum atomic E-state index is -0.585. The van der Waals surface area contributed by atoms with E-state index in [1.54, 1.807) is 24.3 Å². The Morgan fingerprint density at radius 3 is 2.48 bits per heavy atom. The molecule has 0 bridgehead atoms. The van der Waals surface area contributed by atoms with Crippen molar-refractivity contribution in [2.75, 3.05) is 13.2 Å². The number of carbonyl (C=O) groups excluding carboxylic acids is 2. The second-order valence-electron chi connectivity index (χ2n) is 6.60. The summed E-state index contributed by atoms with van der Waals surface area (Å²) >= 11 is 1.16. The molecule has 1 N–H and O–H groups in total. The fourth-order valence-electron chi connectivity index (χ4n) is 3.09. The number of benzene rings is 2. The van der Waals surface area contributed by atoms with E-state index >= 15 is 0 Å². The van der Waals surface area contributed by atoms with E-state index in [2.05, 4.69) is 0 Å². The van der Waals surface area contributed by atoms with Gasteiger partial charge in [-0.3, -0.25) is 14.9 Å². The molecule has 1 saturated heterocycles. The molecule has 2 aromatic rings. The number of amides is 1. The molecule has 1 fully saturated rings. The van der Waals surface area contributed by atoms with Crippen molar-refractivity contribution in [3.8, 4) is 0 Å². The fraction of sp³-hybridized carbons (Fsp3) is 0.300. The Labute approximate surface area is 171 Å². The molecule has 0 saturated carbocycles. The molecule has 2 aromatic carbocycles. The number of ether oxygens (including phenoxy) is 1. The van der Waals surface area contributed by atoms with Crippen LogP contribution >= 0.6 is 11.8 Å². The largest absolute Gasteiger partial charge is 0.445 e. The number of nitrogens with zero attached hydrogens (tertiary/aromatic N) is 2. The van der Waals surface area contributed by atoms with Gasteiger partial charge in [0.2, 0.25) is 5.12 Å². The van der Waals surface area contributed by atoms with E-state index in [4.69, 9.17) is 4.74 Å². The normalized spacial score (nSPS) is 18.4. The number of aliphatic hydroxyl groups is 1. The van der Waals surface area contributed by atoms with Crippen LogP contribution in [-0.2, 0) is 11.3 Å². The highest BCUT2D eigenvalue weighted by atomic mass is 32.2. The minimum absolute atomic E-state index is 0.0355. The first-order valence-electron chi connectivity index (χ1n) is 9.01. The van der Waals surface area contributed by atoms with Gasteiger partial charge in [-0.05, 0) is 24.1 Å². The summed E-state index contributed by atoms with van der Waals surface area (Å²) in [5.41, 5.74) is 1.18. The first-order valence-corrected chi connectivity index (χ1v) is 9.89. The van der Waals surface area contributed by atoms with Gasteiger partial charge in [-0.25, -0.2) is 4.79 Å². The second kappa shape index (κ2) is 9.53. The Bertz CT molecular complexity index is 874. The fourth-order valence-corrected chi connectivity index (χ4v) is 4.22. The Hall–Kier alpha value is -2.91. The maximum absolute atomic E-state index is 12.5. The number of hydrogen-bond acceptors (Lipinski definition) is 7. The third-order valence-electron chi connectivity index (χ3n) is 4.61. The van der Waals surface area contributed by atoms with Crippen molar-refractivity contribution >= 4 is 28.7 Å². The third kappa shape index (κ3) is 5.33. The van der Waals surface area contributed by atoms with Gasteiger partial charge < -0.3 is 14.7 Å². The molecule has 29 heavy (non-hydrogen) atoms. The monoisotopic (exact) mass is 416 g/mol. The lowest BCUT2D eigenvalue weighted by Crippen LogP contribution is -2.38. The van der Waals surface area contributed by atoms with Crippen LogP contribution in [0.4, 0.5) is 10.5 Å². The average molecular weight is 416 g/mol. The number of nitro benzene ring substituents is 1. The van der Waals surface area contributed by atoms with Crippen LogP contribution in [0.25, 0.3) is 0 Å². The summed E-state index contributed by atoms with van der Waals surface area (Å²) < 4.78 is 5.29. The van der Waals surface area contributed by atoms with Crippen LogP contribution < -0.4 is 0 Å². The summed E-state index contributed by atoms with van der Waals surface area (Å²) in [7, 11) is 0. The van der Waals surface area contributed by atoms with Crippen LogP contribution in [0, 0.1) is 10.1 Å². The molecule has 0 aromatic heterocycles. The molecule has 8 nitrogen and oxygen atoms in total. The SMILES string of the molecule is O=C(SC1CC(CO)N(C(=O)OCc2ccc([N+](=O)[O-])cc2)C1)c1ccccc1. The molecule has 0 spiro atoms. The number of aliphatic hydroxyl groups excluding tert-OH is 1. The van der Waals surface area contributed by atoms with Gasteiger partial charge in [-0.15, -0.1) is 0 Å². The summed E-state index contributed by atoms with van der Waals surface area (Å²) in [4.78, 5) is 36.4. The van der Waals surface area contributed by atoms with Crippen molar-refractivity contribution in [2.45, 2.75) is 24.3 Å². The maximum atomic E-state index is 12.5. The van der Waals surface area contributed by atoms with Crippen molar-refractivity contribution in [1.82, 2.24) is 4.90 Å². The van der Waals surface area contributed by atoms with Crippen LogP contribution in [0.2, 0.25) is 0 Å². The predicted octanol–water partition coefficient (Wildman–Crippen LogP) is 3.24. The number of nitro groups is 1. The lowest BCUT2D eigenvalue weighted by molar-refractivity contribution is -0.384. The van der Waals surface area contributed by atoms with E-state index in [1.165, 1.54) is 29.2 Å². The quantitative estimate of drug-likeness (QED) is 0.568. The van der Waals surface area contributed by atoms with Gasteiger partial charge in [-0.1, -0.05) is 42.1 Å². The zero-order valence-corrected chi connectivity index (χ0v) is 16.3. The van der Waals surface area contributed by atoms with Crippen LogP contribution in [0.15, 0.2) is 54.6 Å². The average Bonchev–Trinajstić information content (AvgIpc) is 3.15. The Morgan fingerprint density at radius 2 is 1.86 bits per heavy atom. The van der Waals surface area contributed by atoms with Crippen LogP contribution in [0.5, 0.6) is 0 Å². The number of rotatable bonds is 6. The number of thioether (sulfide) groups is 1. The molecular formula is C20H20N2O6S. The molecule has 3 rings (SSSR count). The van der Waals surface area contributed by atoms with Gasteiger partial charge in [0.15, 0.2) is 0 Å². The van der Waals surface area contributed by atoms with Gasteiger partial charge in [-0.2, -0.15) is 0 Å². The highest BCUT2D eigenvalue weighted by Gasteiger charge is 2.37. The molecule has 1 heterocycles. The molecular weight excluding hydrogens is 396 g/mol. The summed E-state index contributed by atoms with van der Waals surface area (Å²) in [6, 6.07) is 14.2. The van der Waals surface area contributed by atoms with E-state index in [-0.39, 0.29) is 29.3 Å². The van der Waals surface area contributed by atoms with Crippen molar-refractivity contribution < 1.29 is 24.4 Å². The van der Waals surface area contributed by atoms with Crippen molar-refractivity contribution in [3.05, 3.63) is 75.8 Å². The molecule has 1 aliphatic rings. The first-order chi connectivity index (χ1) is 14.0. The Balaban J connectivity index is 1.55. The summed E-state index contributed by atoms with van der Waals surface area (Å²) in [5.74, 6) is 0. The van der Waals surface area contributed by atoms with E-state index < -0.39 is 17.1 Å². The first kappa shape index (κ1) is 20.8. The molecule has 2 atom stereocenters. The zero-order valence-electron chi connectivity index (χ0n) is 15.5. The smallest absolute Gasteiger partial charge is 0.410 e. The van der Waals surface area contributed by atoms with E-state index in [9.17, 15) is 24.8 Å². The maximum Gasteiger partial charge on any atom is 0.410 e. The van der Waals surface area contributed by atoms with Crippen molar-refractivity contribution in [3.63, 3.8) is 0 Å².